The summed E-state index contributed by atoms with van der Waals surface area (Å²) in [5.74, 6) is 0. The molecule has 0 aromatic carbocycles. The van der Waals surface area contributed by atoms with Crippen LogP contribution < -0.4 is 9.96 Å². The normalized spacial score (nSPS) is 12.0. The van der Waals surface area contributed by atoms with Gasteiger partial charge >= 0.3 is 0 Å². The van der Waals surface area contributed by atoms with E-state index in [1.165, 1.54) is 0 Å². The second-order valence-electron chi connectivity index (χ2n) is 4.22. The van der Waals surface area contributed by atoms with E-state index in [0.29, 0.717) is 12.1 Å². The Bertz CT molecular complexity index is 104. The van der Waals surface area contributed by atoms with Crippen LogP contribution in [0.2, 0.25) is 13.1 Å². The third-order valence-electron chi connectivity index (χ3n) is 1.30. The van der Waals surface area contributed by atoms with Gasteiger partial charge in [0, 0.05) is 18.9 Å². The summed E-state index contributed by atoms with van der Waals surface area (Å²) in [4.78, 5) is 7.16. The average Bonchev–Trinajstić information content (AvgIpc) is 1.53. The van der Waals surface area contributed by atoms with Crippen LogP contribution in [0, 0.1) is 0 Å². The van der Waals surface area contributed by atoms with Crippen LogP contribution in [0.1, 0.15) is 27.7 Å². The van der Waals surface area contributed by atoms with Crippen molar-refractivity contribution in [2.24, 2.45) is 0 Å². The van der Waals surface area contributed by atoms with Gasteiger partial charge in [-0.05, 0) is 25.2 Å². The maximum atomic E-state index is 3.58. The van der Waals surface area contributed by atoms with Gasteiger partial charge in [-0.3, -0.25) is 0 Å². The van der Waals surface area contributed by atoms with Gasteiger partial charge in [-0.2, -0.15) is 0 Å². The predicted molar refractivity (Wildman–Crippen MR) is 59.8 cm³/mol. The first-order valence-electron chi connectivity index (χ1n) is 4.39. The largest absolute Gasteiger partial charge is 0.323 e. The Morgan fingerprint density at radius 3 is 1.25 bits per heavy atom. The van der Waals surface area contributed by atoms with Crippen LogP contribution in [-0.2, 0) is 0 Å². The molecule has 0 aliphatic heterocycles. The fourth-order valence-electron chi connectivity index (χ4n) is 1.49. The molecule has 0 bridgehead atoms. The molecule has 12 heavy (non-hydrogen) atoms. The second-order valence-corrected chi connectivity index (χ2v) is 8.05. The molecule has 1 radical (unpaired) electrons. The monoisotopic (exact) mass is 181 g/mol. The van der Waals surface area contributed by atoms with Gasteiger partial charge in [0.25, 0.3) is 0 Å². The summed E-state index contributed by atoms with van der Waals surface area (Å²) in [5, 5.41) is 0. The Balaban J connectivity index is 0. The Morgan fingerprint density at radius 1 is 0.833 bits per heavy atom. The van der Waals surface area contributed by atoms with Crippen molar-refractivity contribution in [2.75, 3.05) is 0 Å². The van der Waals surface area contributed by atoms with Crippen molar-refractivity contribution in [1.82, 2.24) is 9.96 Å². The number of hydrogen-bond acceptors (Lipinski definition) is 2. The molecule has 0 saturated heterocycles. The van der Waals surface area contributed by atoms with E-state index in [1.54, 1.807) is 0 Å². The molecule has 0 fully saturated rings. The zero-order chi connectivity index (χ0) is 9.07. The van der Waals surface area contributed by atoms with E-state index in [9.17, 15) is 0 Å². The van der Waals surface area contributed by atoms with Crippen molar-refractivity contribution in [2.45, 2.75) is 52.9 Å². The zero-order valence-electron chi connectivity index (χ0n) is 9.65. The number of nitrogens with one attached hydrogen (secondary N) is 2. The molecule has 0 aromatic heterocycles. The Morgan fingerprint density at radius 2 is 1.08 bits per heavy atom. The number of hydrogen-bond donors (Lipinski definition) is 2. The van der Waals surface area contributed by atoms with E-state index in [1.807, 2.05) is 0 Å². The minimum absolute atomic E-state index is 0. The van der Waals surface area contributed by atoms with Gasteiger partial charge in [0.05, 0.1) is 0 Å². The minimum atomic E-state index is -1.33. The average molecular weight is 181 g/mol. The van der Waals surface area contributed by atoms with Crippen molar-refractivity contribution in [3.05, 3.63) is 0 Å². The van der Waals surface area contributed by atoms with Crippen molar-refractivity contribution < 1.29 is 0 Å². The molecule has 0 amide bonds. The van der Waals surface area contributed by atoms with Gasteiger partial charge in [0.1, 0.15) is 0 Å². The van der Waals surface area contributed by atoms with Crippen molar-refractivity contribution in [1.29, 1.82) is 0 Å². The first-order valence-corrected chi connectivity index (χ1v) is 7.39. The molecule has 0 rings (SSSR count). The molecule has 0 unspecified atom stereocenters. The summed E-state index contributed by atoms with van der Waals surface area (Å²) in [6.07, 6.45) is 0. The van der Waals surface area contributed by atoms with Gasteiger partial charge in [0.15, 0.2) is 8.40 Å². The van der Waals surface area contributed by atoms with E-state index in [2.05, 4.69) is 50.8 Å². The van der Waals surface area contributed by atoms with Crippen molar-refractivity contribution in [3.8, 4) is 0 Å². The molecule has 2 nitrogen and oxygen atoms in total. The molecular weight excluding hydrogens is 159 g/mol. The predicted octanol–water partition coefficient (Wildman–Crippen LogP) is 1.30. The fraction of sp³-hybridized carbons (Fsp3) is 1.00. The van der Waals surface area contributed by atoms with E-state index in [-0.39, 0.29) is 18.9 Å². The molecule has 0 aromatic rings. The molecule has 0 heterocycles. The van der Waals surface area contributed by atoms with Gasteiger partial charge in [-0.25, -0.2) is 0 Å². The van der Waals surface area contributed by atoms with E-state index >= 15 is 0 Å². The summed E-state index contributed by atoms with van der Waals surface area (Å²) in [6.45, 7) is 13.4. The maximum absolute atomic E-state index is 3.58. The van der Waals surface area contributed by atoms with Gasteiger partial charge < -0.3 is 9.96 Å². The maximum Gasteiger partial charge on any atom is 0.195 e. The number of rotatable bonds is 4. The topological polar surface area (TPSA) is 24.1 Å². The van der Waals surface area contributed by atoms with Crippen LogP contribution in [-0.4, -0.2) is 39.3 Å². The first kappa shape index (κ1) is 15.2. The Kier molecular flexibility index (Phi) is 7.90. The van der Waals surface area contributed by atoms with Gasteiger partial charge in [-0.15, -0.1) is 0 Å². The molecule has 0 saturated carbocycles. The van der Waals surface area contributed by atoms with Crippen LogP contribution in [0.25, 0.3) is 0 Å². The van der Waals surface area contributed by atoms with E-state index in [4.69, 9.17) is 0 Å². The summed E-state index contributed by atoms with van der Waals surface area (Å²) in [5.41, 5.74) is 0. The fourth-order valence-corrected chi connectivity index (χ4v) is 4.46. The quantitative estimate of drug-likeness (QED) is 0.639. The molecule has 2 N–H and O–H groups in total. The van der Waals surface area contributed by atoms with Gasteiger partial charge in [0.2, 0.25) is 0 Å². The first-order chi connectivity index (χ1) is 4.83. The van der Waals surface area contributed by atoms with Crippen LogP contribution in [0.5, 0.6) is 0 Å². The van der Waals surface area contributed by atoms with Crippen LogP contribution >= 0.6 is 0 Å². The Hall–Kier alpha value is 0.734. The summed E-state index contributed by atoms with van der Waals surface area (Å²) < 4.78 is 0. The van der Waals surface area contributed by atoms with Crippen LogP contribution in [0.15, 0.2) is 0 Å². The minimum Gasteiger partial charge on any atom is -0.323 e. The molecule has 0 aliphatic rings. The van der Waals surface area contributed by atoms with E-state index < -0.39 is 8.40 Å². The third-order valence-corrected chi connectivity index (χ3v) is 3.90. The summed E-state index contributed by atoms with van der Waals surface area (Å²) in [6, 6.07) is 1.17. The summed E-state index contributed by atoms with van der Waals surface area (Å²) in [7, 11) is -1.33. The van der Waals surface area contributed by atoms with Crippen molar-refractivity contribution >= 4 is 27.3 Å². The zero-order valence-corrected chi connectivity index (χ0v) is 10.7. The Labute approximate surface area is 90.2 Å². The standard InChI is InChI=1S/C8H22N2Si.Li/c1-7(2)9-11(5,6)10-8(3)4;/h7-10H,1-6H3;. The molecule has 4 heteroatoms. The van der Waals surface area contributed by atoms with Crippen LogP contribution in [0.3, 0.4) is 0 Å². The molecule has 0 aliphatic carbocycles. The summed E-state index contributed by atoms with van der Waals surface area (Å²) >= 11 is 0. The van der Waals surface area contributed by atoms with E-state index in [0.717, 1.165) is 0 Å². The smallest absolute Gasteiger partial charge is 0.195 e. The molecule has 0 atom stereocenters. The van der Waals surface area contributed by atoms with Gasteiger partial charge in [-0.1, -0.05) is 27.7 Å². The molecule has 69 valence electrons. The third kappa shape index (κ3) is 8.83. The molecule has 0 spiro atoms. The van der Waals surface area contributed by atoms with Crippen molar-refractivity contribution in [3.63, 3.8) is 0 Å². The van der Waals surface area contributed by atoms with Crippen LogP contribution in [0.4, 0.5) is 0 Å². The SMILES string of the molecule is CC(C)N[Si](C)(C)NC(C)C.[Li]. The second kappa shape index (κ2) is 6.23. The molecular formula is C8H22LiN2Si.